The summed E-state index contributed by atoms with van der Waals surface area (Å²) in [5.41, 5.74) is 0. The Morgan fingerprint density at radius 1 is 1.67 bits per heavy atom. The minimum atomic E-state index is 0.572. The van der Waals surface area contributed by atoms with Gasteiger partial charge in [-0.3, -0.25) is 0 Å². The molecule has 1 atom stereocenters. The van der Waals surface area contributed by atoms with E-state index in [1.807, 2.05) is 0 Å². The van der Waals surface area contributed by atoms with Crippen LogP contribution in [0.1, 0.15) is 6.92 Å². The highest BCUT2D eigenvalue weighted by molar-refractivity contribution is 4.69. The lowest BCUT2D eigenvalue weighted by Crippen LogP contribution is -2.33. The fraction of sp³-hybridized carbons (Fsp3) is 0.714. The predicted octanol–water partition coefficient (Wildman–Crippen LogP) is 0.670. The molecule has 9 heavy (non-hydrogen) atoms. The van der Waals surface area contributed by atoms with Crippen LogP contribution in [-0.4, -0.2) is 31.6 Å². The molecule has 54 valence electrons. The van der Waals surface area contributed by atoms with E-state index in [0.717, 1.165) is 6.54 Å². The molecule has 0 aromatic carbocycles. The molecule has 0 fully saturated rings. The molecule has 1 unspecified atom stereocenters. The van der Waals surface area contributed by atoms with Gasteiger partial charge >= 0.3 is 0 Å². The molecule has 0 aromatic rings. The third-order valence-corrected chi connectivity index (χ3v) is 1.44. The van der Waals surface area contributed by atoms with Gasteiger partial charge < -0.3 is 10.2 Å². The van der Waals surface area contributed by atoms with E-state index in [9.17, 15) is 0 Å². The van der Waals surface area contributed by atoms with Crippen molar-refractivity contribution in [2.75, 3.05) is 20.6 Å². The average molecular weight is 128 g/mol. The fourth-order valence-electron chi connectivity index (χ4n) is 0.436. The van der Waals surface area contributed by atoms with Crippen molar-refractivity contribution in [1.29, 1.82) is 0 Å². The molecule has 0 bridgehead atoms. The summed E-state index contributed by atoms with van der Waals surface area (Å²) in [6, 6.07) is 0.572. The Balaban J connectivity index is 3.26. The fourth-order valence-corrected chi connectivity index (χ4v) is 0.436. The zero-order valence-corrected chi connectivity index (χ0v) is 6.52. The maximum Gasteiger partial charge on any atom is 0.0294 e. The van der Waals surface area contributed by atoms with Crippen molar-refractivity contribution in [2.24, 2.45) is 0 Å². The average Bonchev–Trinajstić information content (AvgIpc) is 1.82. The standard InChI is InChI=1S/C7H16N2/c1-5-8-6-7(2)9(3)4/h5,7-8H,1,6H2,2-4H3. The van der Waals surface area contributed by atoms with Gasteiger partial charge in [-0.15, -0.1) is 0 Å². The van der Waals surface area contributed by atoms with E-state index in [2.05, 4.69) is 37.8 Å². The van der Waals surface area contributed by atoms with Crippen molar-refractivity contribution < 1.29 is 0 Å². The first-order valence-corrected chi connectivity index (χ1v) is 3.19. The van der Waals surface area contributed by atoms with Gasteiger partial charge in [-0.05, 0) is 27.2 Å². The largest absolute Gasteiger partial charge is 0.390 e. The molecule has 0 aromatic heterocycles. The number of rotatable bonds is 4. The Morgan fingerprint density at radius 2 is 2.22 bits per heavy atom. The number of nitrogens with zero attached hydrogens (tertiary/aromatic N) is 1. The molecule has 0 aliphatic carbocycles. The van der Waals surface area contributed by atoms with Gasteiger partial charge in [0.05, 0.1) is 0 Å². The summed E-state index contributed by atoms with van der Waals surface area (Å²) in [5.74, 6) is 0. The van der Waals surface area contributed by atoms with Gasteiger partial charge in [-0.1, -0.05) is 6.58 Å². The molecular formula is C7H16N2. The van der Waals surface area contributed by atoms with Crippen LogP contribution in [0.2, 0.25) is 0 Å². The van der Waals surface area contributed by atoms with Gasteiger partial charge in [0, 0.05) is 12.6 Å². The summed E-state index contributed by atoms with van der Waals surface area (Å²) in [7, 11) is 4.13. The van der Waals surface area contributed by atoms with Gasteiger partial charge in [-0.2, -0.15) is 0 Å². The van der Waals surface area contributed by atoms with Crippen LogP contribution in [0.3, 0.4) is 0 Å². The van der Waals surface area contributed by atoms with Gasteiger partial charge in [0.1, 0.15) is 0 Å². The number of likely N-dealkylation sites (N-methyl/N-ethyl adjacent to an activating group) is 1. The molecule has 0 heterocycles. The summed E-state index contributed by atoms with van der Waals surface area (Å²) in [4.78, 5) is 2.16. The topological polar surface area (TPSA) is 15.3 Å². The normalized spacial score (nSPS) is 13.3. The highest BCUT2D eigenvalue weighted by Crippen LogP contribution is 1.86. The summed E-state index contributed by atoms with van der Waals surface area (Å²) < 4.78 is 0. The summed E-state index contributed by atoms with van der Waals surface area (Å²) >= 11 is 0. The molecule has 0 saturated carbocycles. The smallest absolute Gasteiger partial charge is 0.0294 e. The minimum Gasteiger partial charge on any atom is -0.390 e. The highest BCUT2D eigenvalue weighted by Gasteiger charge is 2.00. The Labute approximate surface area is 57.5 Å². The number of hydrogen-bond donors (Lipinski definition) is 1. The SMILES string of the molecule is C=CNCC(C)N(C)C. The van der Waals surface area contributed by atoms with Crippen LogP contribution in [0.5, 0.6) is 0 Å². The second kappa shape index (κ2) is 4.39. The first-order valence-electron chi connectivity index (χ1n) is 3.19. The zero-order valence-electron chi connectivity index (χ0n) is 6.52. The first-order chi connectivity index (χ1) is 4.18. The van der Waals surface area contributed by atoms with Crippen molar-refractivity contribution in [2.45, 2.75) is 13.0 Å². The highest BCUT2D eigenvalue weighted by atomic mass is 15.1. The number of hydrogen-bond acceptors (Lipinski definition) is 2. The minimum absolute atomic E-state index is 0.572. The van der Waals surface area contributed by atoms with Crippen LogP contribution < -0.4 is 5.32 Å². The molecular weight excluding hydrogens is 112 g/mol. The van der Waals surface area contributed by atoms with E-state index in [4.69, 9.17) is 0 Å². The van der Waals surface area contributed by atoms with Crippen molar-refractivity contribution in [3.05, 3.63) is 12.8 Å². The summed E-state index contributed by atoms with van der Waals surface area (Å²) in [6.07, 6.45) is 1.72. The van der Waals surface area contributed by atoms with E-state index in [-0.39, 0.29) is 0 Å². The predicted molar refractivity (Wildman–Crippen MR) is 41.3 cm³/mol. The van der Waals surface area contributed by atoms with E-state index in [1.165, 1.54) is 0 Å². The van der Waals surface area contributed by atoms with E-state index in [0.29, 0.717) is 6.04 Å². The molecule has 2 nitrogen and oxygen atoms in total. The van der Waals surface area contributed by atoms with Crippen molar-refractivity contribution in [3.8, 4) is 0 Å². The first kappa shape index (κ1) is 8.50. The van der Waals surface area contributed by atoms with E-state index < -0.39 is 0 Å². The lowest BCUT2D eigenvalue weighted by Gasteiger charge is -2.18. The molecule has 0 radical (unpaired) electrons. The van der Waals surface area contributed by atoms with Crippen LogP contribution in [0.25, 0.3) is 0 Å². The van der Waals surface area contributed by atoms with Crippen LogP contribution >= 0.6 is 0 Å². The Morgan fingerprint density at radius 3 is 2.56 bits per heavy atom. The van der Waals surface area contributed by atoms with Crippen molar-refractivity contribution in [1.82, 2.24) is 10.2 Å². The van der Waals surface area contributed by atoms with Gasteiger partial charge in [0.2, 0.25) is 0 Å². The number of nitrogens with one attached hydrogen (secondary N) is 1. The lowest BCUT2D eigenvalue weighted by molar-refractivity contribution is 0.311. The van der Waals surface area contributed by atoms with Gasteiger partial charge in [-0.25, -0.2) is 0 Å². The molecule has 0 aliphatic rings. The molecule has 0 amide bonds. The maximum atomic E-state index is 3.56. The van der Waals surface area contributed by atoms with Crippen molar-refractivity contribution >= 4 is 0 Å². The van der Waals surface area contributed by atoms with Crippen LogP contribution in [0.4, 0.5) is 0 Å². The molecule has 0 spiro atoms. The Hall–Kier alpha value is -0.500. The third-order valence-electron chi connectivity index (χ3n) is 1.44. The Kier molecular flexibility index (Phi) is 4.14. The van der Waals surface area contributed by atoms with E-state index in [1.54, 1.807) is 6.20 Å². The quantitative estimate of drug-likeness (QED) is 0.598. The van der Waals surface area contributed by atoms with Crippen LogP contribution in [0, 0.1) is 0 Å². The second-order valence-electron chi connectivity index (χ2n) is 2.43. The van der Waals surface area contributed by atoms with Crippen molar-refractivity contribution in [3.63, 3.8) is 0 Å². The summed E-state index contributed by atoms with van der Waals surface area (Å²) in [5, 5.41) is 3.05. The summed E-state index contributed by atoms with van der Waals surface area (Å²) in [6.45, 7) is 6.69. The monoisotopic (exact) mass is 128 g/mol. The van der Waals surface area contributed by atoms with Crippen LogP contribution in [0.15, 0.2) is 12.8 Å². The molecule has 0 rings (SSSR count). The Bertz CT molecular complexity index is 79.0. The molecule has 2 heteroatoms. The lowest BCUT2D eigenvalue weighted by atomic mass is 10.3. The zero-order chi connectivity index (χ0) is 7.28. The molecule has 0 saturated heterocycles. The van der Waals surface area contributed by atoms with Gasteiger partial charge in [0.15, 0.2) is 0 Å². The van der Waals surface area contributed by atoms with Crippen LogP contribution in [-0.2, 0) is 0 Å². The molecule has 0 aliphatic heterocycles. The van der Waals surface area contributed by atoms with E-state index >= 15 is 0 Å². The maximum absolute atomic E-state index is 3.56. The van der Waals surface area contributed by atoms with Gasteiger partial charge in [0.25, 0.3) is 0 Å². The molecule has 1 N–H and O–H groups in total. The second-order valence-corrected chi connectivity index (χ2v) is 2.43. The third kappa shape index (κ3) is 4.03.